The smallest absolute Gasteiger partial charge is 0.141 e. The molecule has 0 fully saturated rings. The van der Waals surface area contributed by atoms with E-state index < -0.39 is 0 Å². The summed E-state index contributed by atoms with van der Waals surface area (Å²) in [5.41, 5.74) is 0. The van der Waals surface area contributed by atoms with Gasteiger partial charge in [-0.1, -0.05) is 0 Å². The van der Waals surface area contributed by atoms with Gasteiger partial charge in [0.1, 0.15) is 12.2 Å². The summed E-state index contributed by atoms with van der Waals surface area (Å²) in [4.78, 5) is 4.22. The summed E-state index contributed by atoms with van der Waals surface area (Å²) in [6.07, 6.45) is 1.60. The fourth-order valence-electron chi connectivity index (χ4n) is 1.41. The zero-order valence-electron chi connectivity index (χ0n) is 9.90. The molecule has 1 N–H and O–H groups in total. The van der Waals surface area contributed by atoms with E-state index in [1.54, 1.807) is 13.4 Å². The maximum Gasteiger partial charge on any atom is 0.141 e. The van der Waals surface area contributed by atoms with E-state index >= 15 is 0 Å². The first-order valence-electron chi connectivity index (χ1n) is 5.25. The normalized spacial score (nSPS) is 13.4. The van der Waals surface area contributed by atoms with Crippen molar-refractivity contribution < 1.29 is 4.74 Å². The quantitative estimate of drug-likeness (QED) is 0.764. The Morgan fingerprint density at radius 1 is 1.47 bits per heavy atom. The van der Waals surface area contributed by atoms with Gasteiger partial charge in [0.2, 0.25) is 0 Å². The van der Waals surface area contributed by atoms with E-state index in [0.29, 0.717) is 18.7 Å². The van der Waals surface area contributed by atoms with Crippen molar-refractivity contribution in [2.45, 2.75) is 39.4 Å². The predicted octanol–water partition coefficient (Wildman–Crippen LogP) is 0.983. The van der Waals surface area contributed by atoms with Crippen LogP contribution in [0.3, 0.4) is 0 Å². The lowest BCUT2D eigenvalue weighted by molar-refractivity contribution is 0.171. The number of hydrogen-bond donors (Lipinski definition) is 1. The van der Waals surface area contributed by atoms with Crippen molar-refractivity contribution in [2.75, 3.05) is 13.7 Å². The Morgan fingerprint density at radius 2 is 2.20 bits per heavy atom. The number of nitrogens with zero attached hydrogens (tertiary/aromatic N) is 3. The molecular weight excluding hydrogens is 192 g/mol. The van der Waals surface area contributed by atoms with Crippen molar-refractivity contribution in [2.24, 2.45) is 0 Å². The molecule has 1 aromatic heterocycles. The zero-order chi connectivity index (χ0) is 11.3. The van der Waals surface area contributed by atoms with Crippen LogP contribution in [0.2, 0.25) is 0 Å². The minimum absolute atomic E-state index is 0.326. The highest BCUT2D eigenvalue weighted by molar-refractivity contribution is 4.86. The highest BCUT2D eigenvalue weighted by Gasteiger charge is 2.08. The van der Waals surface area contributed by atoms with Crippen LogP contribution < -0.4 is 5.32 Å². The van der Waals surface area contributed by atoms with Gasteiger partial charge < -0.3 is 10.1 Å². The van der Waals surface area contributed by atoms with Crippen molar-refractivity contribution in [3.63, 3.8) is 0 Å². The fraction of sp³-hybridized carbons (Fsp3) is 0.800. The molecule has 1 unspecified atom stereocenters. The number of ether oxygens (including phenoxy) is 1. The number of hydrogen-bond acceptors (Lipinski definition) is 4. The predicted molar refractivity (Wildman–Crippen MR) is 58.6 cm³/mol. The largest absolute Gasteiger partial charge is 0.383 e. The Bertz CT molecular complexity index is 285. The highest BCUT2D eigenvalue weighted by atomic mass is 16.5. The molecule has 86 valence electrons. The minimum Gasteiger partial charge on any atom is -0.383 e. The van der Waals surface area contributed by atoms with Crippen LogP contribution >= 0.6 is 0 Å². The van der Waals surface area contributed by atoms with E-state index in [-0.39, 0.29) is 0 Å². The average Bonchev–Trinajstić information content (AvgIpc) is 2.63. The summed E-state index contributed by atoms with van der Waals surface area (Å²) in [5.74, 6) is 0.966. The van der Waals surface area contributed by atoms with Gasteiger partial charge in [0.25, 0.3) is 0 Å². The summed E-state index contributed by atoms with van der Waals surface area (Å²) in [5, 5.41) is 7.51. The molecule has 0 aliphatic heterocycles. The topological polar surface area (TPSA) is 52.0 Å². The van der Waals surface area contributed by atoms with Crippen molar-refractivity contribution in [1.82, 2.24) is 20.1 Å². The van der Waals surface area contributed by atoms with Gasteiger partial charge in [0.15, 0.2) is 0 Å². The van der Waals surface area contributed by atoms with Crippen LogP contribution in [0.25, 0.3) is 0 Å². The number of aromatic nitrogens is 3. The van der Waals surface area contributed by atoms with Gasteiger partial charge in [-0.15, -0.1) is 0 Å². The number of methoxy groups -OCH3 is 1. The molecule has 0 amide bonds. The first-order chi connectivity index (χ1) is 7.15. The van der Waals surface area contributed by atoms with E-state index in [0.717, 1.165) is 12.4 Å². The second-order valence-corrected chi connectivity index (χ2v) is 3.95. The van der Waals surface area contributed by atoms with Crippen LogP contribution in [0.4, 0.5) is 0 Å². The summed E-state index contributed by atoms with van der Waals surface area (Å²) in [7, 11) is 1.70. The van der Waals surface area contributed by atoms with E-state index in [9.17, 15) is 0 Å². The van der Waals surface area contributed by atoms with E-state index in [4.69, 9.17) is 4.74 Å². The van der Waals surface area contributed by atoms with E-state index in [2.05, 4.69) is 36.2 Å². The van der Waals surface area contributed by atoms with Crippen molar-refractivity contribution >= 4 is 0 Å². The lowest BCUT2D eigenvalue weighted by atomic mass is 10.3. The summed E-state index contributed by atoms with van der Waals surface area (Å²) in [6, 6.07) is 0.675. The molecule has 15 heavy (non-hydrogen) atoms. The third kappa shape index (κ3) is 3.60. The lowest BCUT2D eigenvalue weighted by Crippen LogP contribution is -2.31. The first-order valence-corrected chi connectivity index (χ1v) is 5.25. The number of rotatable bonds is 6. The van der Waals surface area contributed by atoms with Crippen molar-refractivity contribution in [3.05, 3.63) is 12.2 Å². The summed E-state index contributed by atoms with van der Waals surface area (Å²) in [6.45, 7) is 7.70. The average molecular weight is 212 g/mol. The molecule has 0 aromatic carbocycles. The van der Waals surface area contributed by atoms with Gasteiger partial charge in [-0.05, 0) is 20.8 Å². The van der Waals surface area contributed by atoms with Gasteiger partial charge in [0, 0.05) is 19.2 Å². The lowest BCUT2D eigenvalue weighted by Gasteiger charge is -2.14. The fourth-order valence-corrected chi connectivity index (χ4v) is 1.41. The van der Waals surface area contributed by atoms with Crippen molar-refractivity contribution in [3.8, 4) is 0 Å². The minimum atomic E-state index is 0.326. The monoisotopic (exact) mass is 212 g/mol. The van der Waals surface area contributed by atoms with E-state index in [1.165, 1.54) is 0 Å². The maximum atomic E-state index is 5.05. The molecule has 0 radical (unpaired) electrons. The second kappa shape index (κ2) is 5.82. The SMILES string of the molecule is COCC(C)NCc1ncnn1C(C)C. The molecule has 1 heterocycles. The van der Waals surface area contributed by atoms with Gasteiger partial charge in [-0.3, -0.25) is 0 Å². The third-order valence-electron chi connectivity index (χ3n) is 2.16. The molecule has 0 bridgehead atoms. The Balaban J connectivity index is 2.46. The summed E-state index contributed by atoms with van der Waals surface area (Å²) >= 11 is 0. The summed E-state index contributed by atoms with van der Waals surface area (Å²) < 4.78 is 6.97. The van der Waals surface area contributed by atoms with Gasteiger partial charge in [-0.25, -0.2) is 9.67 Å². The standard InChI is InChI=1S/C10H20N4O/c1-8(2)14-10(12-7-13-14)5-11-9(3)6-15-4/h7-9,11H,5-6H2,1-4H3. The van der Waals surface area contributed by atoms with E-state index in [1.807, 2.05) is 4.68 Å². The Hall–Kier alpha value is -0.940. The Morgan fingerprint density at radius 3 is 2.80 bits per heavy atom. The Kier molecular flexibility index (Phi) is 4.71. The van der Waals surface area contributed by atoms with Gasteiger partial charge >= 0.3 is 0 Å². The van der Waals surface area contributed by atoms with Crippen LogP contribution in [0.15, 0.2) is 6.33 Å². The van der Waals surface area contributed by atoms with Crippen LogP contribution in [0, 0.1) is 0 Å². The zero-order valence-corrected chi connectivity index (χ0v) is 9.90. The Labute approximate surface area is 90.8 Å². The molecule has 1 atom stereocenters. The molecule has 0 aliphatic rings. The number of nitrogens with one attached hydrogen (secondary N) is 1. The highest BCUT2D eigenvalue weighted by Crippen LogP contribution is 2.04. The van der Waals surface area contributed by atoms with Crippen LogP contribution in [0.1, 0.15) is 32.6 Å². The van der Waals surface area contributed by atoms with Crippen LogP contribution in [-0.2, 0) is 11.3 Å². The van der Waals surface area contributed by atoms with Crippen molar-refractivity contribution in [1.29, 1.82) is 0 Å². The maximum absolute atomic E-state index is 5.05. The molecular formula is C10H20N4O. The second-order valence-electron chi connectivity index (χ2n) is 3.95. The van der Waals surface area contributed by atoms with Gasteiger partial charge in [-0.2, -0.15) is 5.10 Å². The third-order valence-corrected chi connectivity index (χ3v) is 2.16. The molecule has 0 spiro atoms. The molecule has 0 aliphatic carbocycles. The molecule has 0 saturated carbocycles. The molecule has 5 nitrogen and oxygen atoms in total. The molecule has 0 saturated heterocycles. The molecule has 5 heteroatoms. The molecule has 1 aromatic rings. The molecule has 1 rings (SSSR count). The van der Waals surface area contributed by atoms with Gasteiger partial charge in [0.05, 0.1) is 13.2 Å². The van der Waals surface area contributed by atoms with Crippen LogP contribution in [0.5, 0.6) is 0 Å². The van der Waals surface area contributed by atoms with Crippen LogP contribution in [-0.4, -0.2) is 34.5 Å². The first kappa shape index (κ1) is 12.1.